The molecule has 5 nitrogen and oxygen atoms in total. The molecule has 2 aromatic carbocycles. The predicted octanol–water partition coefficient (Wildman–Crippen LogP) is 6.48. The minimum absolute atomic E-state index is 0.176. The summed E-state index contributed by atoms with van der Waals surface area (Å²) in [6.45, 7) is 0.740. The van der Waals surface area contributed by atoms with Crippen molar-refractivity contribution >= 4 is 16.9 Å². The lowest BCUT2D eigenvalue weighted by Gasteiger charge is -2.18. The summed E-state index contributed by atoms with van der Waals surface area (Å²) in [7, 11) is 0. The molecule has 1 fully saturated rings. The van der Waals surface area contributed by atoms with E-state index in [1.165, 1.54) is 38.7 Å². The van der Waals surface area contributed by atoms with Crippen molar-refractivity contribution in [2.75, 3.05) is 6.61 Å². The van der Waals surface area contributed by atoms with Crippen molar-refractivity contribution in [1.29, 1.82) is 0 Å². The van der Waals surface area contributed by atoms with Gasteiger partial charge >= 0.3 is 12.1 Å². The van der Waals surface area contributed by atoms with Crippen LogP contribution in [-0.4, -0.2) is 22.7 Å². The summed E-state index contributed by atoms with van der Waals surface area (Å²) in [4.78, 5) is 13.9. The molecule has 2 N–H and O–H groups in total. The molecule has 1 aliphatic carbocycles. The van der Waals surface area contributed by atoms with Gasteiger partial charge in [0.1, 0.15) is 22.8 Å². The Morgan fingerprint density at radius 1 is 1.16 bits per heavy atom. The second-order valence-corrected chi connectivity index (χ2v) is 8.28. The van der Waals surface area contributed by atoms with Crippen LogP contribution in [0.4, 0.5) is 13.2 Å². The van der Waals surface area contributed by atoms with Crippen molar-refractivity contribution < 1.29 is 32.5 Å². The zero-order valence-electron chi connectivity index (χ0n) is 17.6. The second-order valence-electron chi connectivity index (χ2n) is 8.28. The lowest BCUT2D eigenvalue weighted by molar-refractivity contribution is -0.139. The number of aliphatic carboxylic acids is 1. The number of aryl methyl sites for hydroxylation is 1. The van der Waals surface area contributed by atoms with Crippen LogP contribution in [0.1, 0.15) is 42.4 Å². The van der Waals surface area contributed by atoms with Crippen LogP contribution in [0.15, 0.2) is 36.5 Å². The quantitative estimate of drug-likeness (QED) is 0.435. The minimum atomic E-state index is -4.70. The number of ether oxygens (including phenoxy) is 2. The van der Waals surface area contributed by atoms with Crippen molar-refractivity contribution in [2.45, 2.75) is 45.2 Å². The van der Waals surface area contributed by atoms with Crippen LogP contribution in [-0.2, 0) is 17.4 Å². The van der Waals surface area contributed by atoms with E-state index in [-0.39, 0.29) is 17.1 Å². The van der Waals surface area contributed by atoms with Gasteiger partial charge in [0.05, 0.1) is 0 Å². The van der Waals surface area contributed by atoms with Crippen LogP contribution in [0.25, 0.3) is 10.9 Å². The topological polar surface area (TPSA) is 71.6 Å². The van der Waals surface area contributed by atoms with Gasteiger partial charge in [0, 0.05) is 17.1 Å². The van der Waals surface area contributed by atoms with Crippen molar-refractivity contribution in [3.8, 4) is 17.2 Å². The first-order valence-corrected chi connectivity index (χ1v) is 10.5. The lowest BCUT2D eigenvalue weighted by Crippen LogP contribution is -2.12. The third-order valence-electron chi connectivity index (χ3n) is 5.86. The number of carboxylic acids is 1. The van der Waals surface area contributed by atoms with Crippen molar-refractivity contribution in [1.82, 2.24) is 4.98 Å². The molecule has 1 saturated carbocycles. The molecule has 3 aromatic rings. The molecular weight excluding hydrogens is 423 g/mol. The monoisotopic (exact) mass is 447 g/mol. The number of aromatic amines is 1. The number of aromatic nitrogens is 1. The SMILES string of the molecule is Cc1cc(OCC(=O)O)cc(C(F)(F)F)c1Oc1ccc2[nH]cc(CC3CCCC3)c2c1. The zero-order chi connectivity index (χ0) is 22.9. The minimum Gasteiger partial charge on any atom is -0.482 e. The van der Waals surface area contributed by atoms with Crippen LogP contribution in [0.5, 0.6) is 17.2 Å². The first-order chi connectivity index (χ1) is 15.2. The highest BCUT2D eigenvalue weighted by molar-refractivity contribution is 5.84. The average Bonchev–Trinajstić information content (AvgIpc) is 3.37. The Labute approximate surface area is 183 Å². The Hall–Kier alpha value is -3.16. The number of hydrogen-bond donors (Lipinski definition) is 2. The number of nitrogens with one attached hydrogen (secondary N) is 1. The Morgan fingerprint density at radius 2 is 1.91 bits per heavy atom. The normalized spacial score (nSPS) is 14.8. The Bertz CT molecular complexity index is 1130. The van der Waals surface area contributed by atoms with Gasteiger partial charge in [-0.05, 0) is 60.7 Å². The predicted molar refractivity (Wildman–Crippen MR) is 113 cm³/mol. The lowest BCUT2D eigenvalue weighted by atomic mass is 9.97. The van der Waals surface area contributed by atoms with Gasteiger partial charge in [-0.3, -0.25) is 0 Å². The first kappa shape index (κ1) is 22.0. The summed E-state index contributed by atoms with van der Waals surface area (Å²) in [5, 5.41) is 9.68. The summed E-state index contributed by atoms with van der Waals surface area (Å²) in [6.07, 6.45) is 3.09. The molecule has 8 heteroatoms. The molecule has 0 unspecified atom stereocenters. The van der Waals surface area contributed by atoms with Gasteiger partial charge < -0.3 is 19.6 Å². The number of H-pyrrole nitrogens is 1. The van der Waals surface area contributed by atoms with E-state index in [2.05, 4.69) is 4.98 Å². The van der Waals surface area contributed by atoms with Gasteiger partial charge in [0.2, 0.25) is 0 Å². The molecule has 0 amide bonds. The smallest absolute Gasteiger partial charge is 0.420 e. The summed E-state index contributed by atoms with van der Waals surface area (Å²) in [5.41, 5.74) is 1.23. The van der Waals surface area contributed by atoms with Gasteiger partial charge in [0.15, 0.2) is 6.61 Å². The van der Waals surface area contributed by atoms with Crippen molar-refractivity contribution in [3.63, 3.8) is 0 Å². The largest absolute Gasteiger partial charge is 0.482 e. The average molecular weight is 447 g/mol. The molecule has 1 aliphatic rings. The summed E-state index contributed by atoms with van der Waals surface area (Å²) in [5.74, 6) is -0.838. The third kappa shape index (κ3) is 4.84. The molecule has 0 radical (unpaired) electrons. The number of fused-ring (bicyclic) bond motifs is 1. The fraction of sp³-hybridized carbons (Fsp3) is 0.375. The number of benzene rings is 2. The fourth-order valence-electron chi connectivity index (χ4n) is 4.35. The highest BCUT2D eigenvalue weighted by Crippen LogP contribution is 2.43. The maximum absolute atomic E-state index is 13.7. The van der Waals surface area contributed by atoms with E-state index in [9.17, 15) is 18.0 Å². The molecular formula is C24H24F3NO4. The fourth-order valence-corrected chi connectivity index (χ4v) is 4.35. The Kier molecular flexibility index (Phi) is 6.04. The van der Waals surface area contributed by atoms with Crippen LogP contribution in [0.2, 0.25) is 0 Å². The van der Waals surface area contributed by atoms with Gasteiger partial charge in [-0.1, -0.05) is 25.7 Å². The maximum atomic E-state index is 13.7. The molecule has 0 bridgehead atoms. The van der Waals surface area contributed by atoms with Crippen molar-refractivity contribution in [3.05, 3.63) is 53.2 Å². The molecule has 0 saturated heterocycles. The van der Waals surface area contributed by atoms with Crippen LogP contribution in [0.3, 0.4) is 0 Å². The molecule has 32 heavy (non-hydrogen) atoms. The van der Waals surface area contributed by atoms with Gasteiger partial charge in [-0.25, -0.2) is 4.79 Å². The molecule has 0 atom stereocenters. The number of halogens is 3. The van der Waals surface area contributed by atoms with Crippen LogP contribution >= 0.6 is 0 Å². The van der Waals surface area contributed by atoms with Crippen molar-refractivity contribution in [2.24, 2.45) is 5.92 Å². The molecule has 1 aromatic heterocycles. The Balaban J connectivity index is 1.65. The van der Waals surface area contributed by atoms with Gasteiger partial charge in [0.25, 0.3) is 0 Å². The van der Waals surface area contributed by atoms with E-state index in [1.54, 1.807) is 18.2 Å². The van der Waals surface area contributed by atoms with E-state index >= 15 is 0 Å². The zero-order valence-corrected chi connectivity index (χ0v) is 17.6. The Morgan fingerprint density at radius 3 is 2.59 bits per heavy atom. The summed E-state index contributed by atoms with van der Waals surface area (Å²) >= 11 is 0. The van der Waals surface area contributed by atoms with E-state index in [4.69, 9.17) is 14.6 Å². The molecule has 0 aliphatic heterocycles. The van der Waals surface area contributed by atoms with E-state index < -0.39 is 24.3 Å². The number of hydrogen-bond acceptors (Lipinski definition) is 3. The second kappa shape index (κ2) is 8.76. The van der Waals surface area contributed by atoms with E-state index in [1.807, 2.05) is 6.20 Å². The van der Waals surface area contributed by atoms with Gasteiger partial charge in [-0.15, -0.1) is 0 Å². The maximum Gasteiger partial charge on any atom is 0.420 e. The van der Waals surface area contributed by atoms with E-state index in [0.29, 0.717) is 11.7 Å². The molecule has 0 spiro atoms. The van der Waals surface area contributed by atoms with Crippen LogP contribution in [0, 0.1) is 12.8 Å². The highest BCUT2D eigenvalue weighted by atomic mass is 19.4. The first-order valence-electron chi connectivity index (χ1n) is 10.5. The summed E-state index contributed by atoms with van der Waals surface area (Å²) in [6, 6.07) is 7.31. The van der Waals surface area contributed by atoms with E-state index in [0.717, 1.165) is 29.0 Å². The molecule has 170 valence electrons. The number of rotatable bonds is 7. The third-order valence-corrected chi connectivity index (χ3v) is 5.86. The number of carboxylic acid groups (broad SMARTS) is 1. The highest BCUT2D eigenvalue weighted by Gasteiger charge is 2.36. The number of carbonyl (C=O) groups is 1. The molecule has 1 heterocycles. The molecule has 4 rings (SSSR count). The van der Waals surface area contributed by atoms with Gasteiger partial charge in [-0.2, -0.15) is 13.2 Å². The standard InChI is InChI=1S/C24H24F3NO4/c1-14-8-18(31-13-22(29)30)11-20(24(25,26)27)23(14)32-17-6-7-21-19(10-17)16(12-28-21)9-15-4-2-3-5-15/h6-8,10-12,15,28H,2-5,9,13H2,1H3,(H,29,30). The van der Waals surface area contributed by atoms with Crippen LogP contribution < -0.4 is 9.47 Å². The summed E-state index contributed by atoms with van der Waals surface area (Å²) < 4.78 is 51.9. The number of alkyl halides is 3.